The fourth-order valence-electron chi connectivity index (χ4n) is 4.12. The Labute approximate surface area is 180 Å². The Hall–Kier alpha value is -3.18. The molecule has 0 aromatic rings. The molecule has 6 N–H and O–H groups in total. The summed E-state index contributed by atoms with van der Waals surface area (Å²) in [5.41, 5.74) is 4.96. The second kappa shape index (κ2) is 11.3. The van der Waals surface area contributed by atoms with Crippen LogP contribution in [0.5, 0.6) is 0 Å². The highest BCUT2D eigenvalue weighted by Crippen LogP contribution is 2.39. The molecule has 0 aromatic heterocycles. The molecule has 0 bridgehead atoms. The van der Waals surface area contributed by atoms with Crippen LogP contribution in [0.15, 0.2) is 0 Å². The summed E-state index contributed by atoms with van der Waals surface area (Å²) in [5, 5.41) is 9.60. The normalized spacial score (nSPS) is 22.1. The molecule has 0 spiro atoms. The summed E-state index contributed by atoms with van der Waals surface area (Å²) in [6, 6.07) is -0.829. The van der Waals surface area contributed by atoms with Crippen LogP contribution < -0.4 is 27.0 Å². The molecule has 1 aliphatic heterocycles. The number of rotatable bonds is 9. The Morgan fingerprint density at radius 1 is 0.839 bits per heavy atom. The fraction of sp³-hybridized carbons (Fsp3) is 0.684. The topological polar surface area (TPSA) is 180 Å². The molecule has 0 aromatic carbocycles. The van der Waals surface area contributed by atoms with E-state index >= 15 is 0 Å². The minimum absolute atomic E-state index is 0.0899. The quantitative estimate of drug-likeness (QED) is 0.258. The molecule has 12 nitrogen and oxygen atoms in total. The van der Waals surface area contributed by atoms with Gasteiger partial charge in [-0.3, -0.25) is 28.8 Å². The van der Waals surface area contributed by atoms with Crippen molar-refractivity contribution in [2.24, 2.45) is 11.7 Å². The summed E-state index contributed by atoms with van der Waals surface area (Å²) in [6.45, 7) is 0.0886. The first-order valence-corrected chi connectivity index (χ1v) is 10.3. The van der Waals surface area contributed by atoms with Crippen molar-refractivity contribution in [3.63, 3.8) is 0 Å². The van der Waals surface area contributed by atoms with Crippen molar-refractivity contribution in [1.82, 2.24) is 26.2 Å². The van der Waals surface area contributed by atoms with E-state index in [1.807, 2.05) is 0 Å². The number of nitrogens with zero attached hydrogens (tertiary/aromatic N) is 1. The van der Waals surface area contributed by atoms with Crippen molar-refractivity contribution in [2.45, 2.75) is 51.1 Å². The molecule has 2 fully saturated rings. The van der Waals surface area contributed by atoms with E-state index in [-0.39, 0.29) is 50.0 Å². The zero-order valence-corrected chi connectivity index (χ0v) is 17.6. The number of hydrogen-bond donors (Lipinski definition) is 5. The van der Waals surface area contributed by atoms with E-state index in [2.05, 4.69) is 21.3 Å². The van der Waals surface area contributed by atoms with Crippen molar-refractivity contribution in [2.75, 3.05) is 26.2 Å². The lowest BCUT2D eigenvalue weighted by Crippen LogP contribution is -2.53. The average Bonchev–Trinajstić information content (AvgIpc) is 3.12. The summed E-state index contributed by atoms with van der Waals surface area (Å²) in [7, 11) is 0. The SMILES string of the molecule is CC(=O)NCC(=O)NCC(=O)N1C(C(=O)NCC(=O)NCC(N)=O)CC2CCCCC21. The van der Waals surface area contributed by atoms with Gasteiger partial charge in [0.1, 0.15) is 6.04 Å². The highest BCUT2D eigenvalue weighted by molar-refractivity contribution is 5.93. The smallest absolute Gasteiger partial charge is 0.243 e. The number of carbonyl (C=O) groups is 6. The Morgan fingerprint density at radius 2 is 1.45 bits per heavy atom. The molecule has 31 heavy (non-hydrogen) atoms. The van der Waals surface area contributed by atoms with Gasteiger partial charge in [0.2, 0.25) is 35.4 Å². The first kappa shape index (κ1) is 24.1. The van der Waals surface area contributed by atoms with Gasteiger partial charge in [-0.1, -0.05) is 12.8 Å². The lowest BCUT2D eigenvalue weighted by Gasteiger charge is -2.33. The van der Waals surface area contributed by atoms with Gasteiger partial charge in [-0.05, 0) is 25.2 Å². The van der Waals surface area contributed by atoms with E-state index in [9.17, 15) is 28.8 Å². The van der Waals surface area contributed by atoms with E-state index in [4.69, 9.17) is 5.73 Å². The molecule has 12 heteroatoms. The van der Waals surface area contributed by atoms with Crippen LogP contribution in [-0.2, 0) is 28.8 Å². The largest absolute Gasteiger partial charge is 0.368 e. The number of nitrogens with one attached hydrogen (secondary N) is 4. The van der Waals surface area contributed by atoms with Crippen LogP contribution in [0.4, 0.5) is 0 Å². The van der Waals surface area contributed by atoms with E-state index in [1.165, 1.54) is 11.8 Å². The van der Waals surface area contributed by atoms with Crippen LogP contribution in [0.3, 0.4) is 0 Å². The summed E-state index contributed by atoms with van der Waals surface area (Å²) >= 11 is 0. The van der Waals surface area contributed by atoms with Crippen molar-refractivity contribution in [3.8, 4) is 0 Å². The number of carbonyl (C=O) groups excluding carboxylic acids is 6. The maximum absolute atomic E-state index is 12.9. The molecule has 3 atom stereocenters. The molecule has 0 radical (unpaired) electrons. The third-order valence-electron chi connectivity index (χ3n) is 5.50. The van der Waals surface area contributed by atoms with Crippen LogP contribution in [0, 0.1) is 5.92 Å². The molecular formula is C19H30N6O6. The number of amides is 6. The van der Waals surface area contributed by atoms with E-state index in [0.717, 1.165) is 25.7 Å². The zero-order valence-electron chi connectivity index (χ0n) is 17.6. The first-order valence-electron chi connectivity index (χ1n) is 10.3. The Morgan fingerprint density at radius 3 is 2.10 bits per heavy atom. The van der Waals surface area contributed by atoms with Gasteiger partial charge in [-0.25, -0.2) is 0 Å². The van der Waals surface area contributed by atoms with Gasteiger partial charge in [0, 0.05) is 13.0 Å². The summed E-state index contributed by atoms with van der Waals surface area (Å²) in [5.74, 6) is -2.78. The summed E-state index contributed by atoms with van der Waals surface area (Å²) < 4.78 is 0. The molecule has 6 amide bonds. The molecule has 1 heterocycles. The van der Waals surface area contributed by atoms with E-state index in [1.54, 1.807) is 0 Å². The van der Waals surface area contributed by atoms with Gasteiger partial charge in [0.15, 0.2) is 0 Å². The predicted molar refractivity (Wildman–Crippen MR) is 108 cm³/mol. The molecule has 172 valence electrons. The number of hydrogen-bond acceptors (Lipinski definition) is 6. The van der Waals surface area contributed by atoms with Gasteiger partial charge in [-0.2, -0.15) is 0 Å². The van der Waals surface area contributed by atoms with Crippen LogP contribution in [-0.4, -0.2) is 78.6 Å². The molecule has 1 saturated heterocycles. The van der Waals surface area contributed by atoms with Crippen LogP contribution in [0.2, 0.25) is 0 Å². The van der Waals surface area contributed by atoms with Crippen molar-refractivity contribution in [1.29, 1.82) is 0 Å². The molecule has 2 aliphatic rings. The number of fused-ring (bicyclic) bond motifs is 1. The third-order valence-corrected chi connectivity index (χ3v) is 5.50. The number of primary amides is 1. The minimum Gasteiger partial charge on any atom is -0.368 e. The van der Waals surface area contributed by atoms with Crippen LogP contribution in [0.25, 0.3) is 0 Å². The molecule has 3 unspecified atom stereocenters. The van der Waals surface area contributed by atoms with E-state index in [0.29, 0.717) is 6.42 Å². The number of nitrogens with two attached hydrogens (primary N) is 1. The molecule has 2 rings (SSSR count). The van der Waals surface area contributed by atoms with Gasteiger partial charge < -0.3 is 31.9 Å². The Kier molecular flexibility index (Phi) is 8.76. The predicted octanol–water partition coefficient (Wildman–Crippen LogP) is -2.88. The summed E-state index contributed by atoms with van der Waals surface area (Å²) in [4.78, 5) is 72.3. The second-order valence-corrected chi connectivity index (χ2v) is 7.81. The monoisotopic (exact) mass is 438 g/mol. The van der Waals surface area contributed by atoms with Gasteiger partial charge in [0.05, 0.1) is 26.2 Å². The minimum atomic E-state index is -0.739. The maximum atomic E-state index is 12.9. The lowest BCUT2D eigenvalue weighted by atomic mass is 9.84. The maximum Gasteiger partial charge on any atom is 0.243 e. The summed E-state index contributed by atoms with van der Waals surface area (Å²) in [6.07, 6.45) is 4.15. The van der Waals surface area contributed by atoms with E-state index < -0.39 is 29.7 Å². The fourth-order valence-corrected chi connectivity index (χ4v) is 4.12. The van der Waals surface area contributed by atoms with Crippen molar-refractivity contribution >= 4 is 35.4 Å². The molecular weight excluding hydrogens is 408 g/mol. The van der Waals surface area contributed by atoms with Crippen molar-refractivity contribution in [3.05, 3.63) is 0 Å². The molecule has 1 saturated carbocycles. The van der Waals surface area contributed by atoms with Crippen LogP contribution in [0.1, 0.15) is 39.0 Å². The second-order valence-electron chi connectivity index (χ2n) is 7.81. The standard InChI is InChI=1S/C19H30N6O6/c1-11(26)21-8-16(28)23-10-18(30)25-13-5-3-2-4-12(13)6-14(25)19(31)24-9-17(29)22-7-15(20)27/h12-14H,2-10H2,1H3,(H2,20,27)(H,21,26)(H,22,29)(H,23,28)(H,24,31). The lowest BCUT2D eigenvalue weighted by molar-refractivity contribution is -0.141. The van der Waals surface area contributed by atoms with Gasteiger partial charge in [0.25, 0.3) is 0 Å². The average molecular weight is 438 g/mol. The zero-order chi connectivity index (χ0) is 23.0. The number of likely N-dealkylation sites (tertiary alicyclic amines) is 1. The third kappa shape index (κ3) is 7.23. The Balaban J connectivity index is 1.96. The highest BCUT2D eigenvalue weighted by Gasteiger charge is 2.47. The highest BCUT2D eigenvalue weighted by atomic mass is 16.2. The molecule has 1 aliphatic carbocycles. The Bertz CT molecular complexity index is 741. The van der Waals surface area contributed by atoms with Crippen LogP contribution >= 0.6 is 0 Å². The van der Waals surface area contributed by atoms with Gasteiger partial charge >= 0.3 is 0 Å². The van der Waals surface area contributed by atoms with Gasteiger partial charge in [-0.15, -0.1) is 0 Å². The van der Waals surface area contributed by atoms with Crippen molar-refractivity contribution < 1.29 is 28.8 Å². The first-order chi connectivity index (χ1) is 14.7.